The molecule has 31 heavy (non-hydrogen) atoms. The van der Waals surface area contributed by atoms with Gasteiger partial charge in [0.15, 0.2) is 5.78 Å². The van der Waals surface area contributed by atoms with Crippen LogP contribution < -0.4 is 0 Å². The number of hydrogen-bond donors (Lipinski definition) is 2. The summed E-state index contributed by atoms with van der Waals surface area (Å²) in [4.78, 5) is 24.8. The van der Waals surface area contributed by atoms with Gasteiger partial charge in [-0.05, 0) is 91.9 Å². The fourth-order valence-corrected chi connectivity index (χ4v) is 7.51. The molecular formula is C27H42O4. The van der Waals surface area contributed by atoms with E-state index in [9.17, 15) is 19.8 Å². The fraction of sp³-hybridized carbons (Fsp3) is 0.852. The van der Waals surface area contributed by atoms with E-state index in [0.717, 1.165) is 31.3 Å². The summed E-state index contributed by atoms with van der Waals surface area (Å²) in [7, 11) is 0. The third kappa shape index (κ3) is 3.81. The number of allylic oxidation sites excluding steroid dienone is 1. The molecule has 1 unspecified atom stereocenters. The lowest BCUT2D eigenvalue weighted by molar-refractivity contribution is -0.141. The van der Waals surface area contributed by atoms with Gasteiger partial charge in [0.25, 0.3) is 0 Å². The van der Waals surface area contributed by atoms with E-state index >= 15 is 0 Å². The van der Waals surface area contributed by atoms with E-state index in [2.05, 4.69) is 13.8 Å². The fourth-order valence-electron chi connectivity index (χ4n) is 7.51. The van der Waals surface area contributed by atoms with Gasteiger partial charge in [-0.15, -0.1) is 0 Å². The molecule has 4 rings (SSSR count). The minimum Gasteiger partial charge on any atom is -0.481 e. The topological polar surface area (TPSA) is 74.6 Å². The Hall–Kier alpha value is -1.16. The van der Waals surface area contributed by atoms with Crippen LogP contribution in [0.3, 0.4) is 0 Å². The summed E-state index contributed by atoms with van der Waals surface area (Å²) in [5.74, 6) is -2.94. The van der Waals surface area contributed by atoms with Crippen LogP contribution in [0, 0.1) is 46.3 Å². The molecule has 0 radical (unpaired) electrons. The van der Waals surface area contributed by atoms with Crippen molar-refractivity contribution in [2.75, 3.05) is 0 Å². The second-order valence-corrected chi connectivity index (χ2v) is 11.3. The maximum absolute atomic E-state index is 13.5. The van der Waals surface area contributed by atoms with Gasteiger partial charge in [0.1, 0.15) is 0 Å². The highest BCUT2D eigenvalue weighted by Crippen LogP contribution is 2.66. The largest absolute Gasteiger partial charge is 0.481 e. The van der Waals surface area contributed by atoms with Gasteiger partial charge in [-0.25, -0.2) is 0 Å². The molecule has 0 amide bonds. The highest BCUT2D eigenvalue weighted by atomic mass is 16.4. The normalized spacial score (nSPS) is 48.0. The van der Waals surface area contributed by atoms with E-state index in [0.29, 0.717) is 6.42 Å². The number of aliphatic hydroxyl groups excluding tert-OH is 1. The molecule has 4 aliphatic carbocycles. The number of aliphatic carboxylic acids is 1. The van der Waals surface area contributed by atoms with Crippen LogP contribution in [0.15, 0.2) is 11.6 Å². The minimum atomic E-state index is -1.70. The Morgan fingerprint density at radius 2 is 2.00 bits per heavy atom. The van der Waals surface area contributed by atoms with E-state index in [4.69, 9.17) is 5.48 Å². The number of fused-ring (bicyclic) bond motifs is 5. The predicted octanol–water partition coefficient (Wildman–Crippen LogP) is 5.63. The van der Waals surface area contributed by atoms with Crippen molar-refractivity contribution in [3.8, 4) is 0 Å². The Kier molecular flexibility index (Phi) is 4.91. The zero-order chi connectivity index (χ0) is 26.1. The molecule has 4 nitrogen and oxygen atoms in total. The molecule has 0 spiro atoms. The maximum Gasteiger partial charge on any atom is 0.306 e. The summed E-state index contributed by atoms with van der Waals surface area (Å²) in [6.07, 6.45) is 2.28. The summed E-state index contributed by atoms with van der Waals surface area (Å²) in [5, 5.41) is 19.4. The van der Waals surface area contributed by atoms with E-state index in [1.807, 2.05) is 0 Å². The molecular weight excluding hydrogens is 388 g/mol. The summed E-state index contributed by atoms with van der Waals surface area (Å²) in [6, 6.07) is 0. The molecule has 9 atom stereocenters. The van der Waals surface area contributed by atoms with Crippen LogP contribution >= 0.6 is 0 Å². The summed E-state index contributed by atoms with van der Waals surface area (Å²) in [5.41, 5.74) is 0.416. The standard InChI is InChI=1S/C27H42O4/c1-16(6-5-7-17(2)25(30)31)20-8-9-21-24-22(11-13-27(20,21)4)26(3)12-10-19(28)14-18(26)15-23(24)29/h15-17,19-22,24,28H,5-14H2,1-4H3,(H,30,31)/t16-,17?,19+,20-,21+,22+,24+,26+,27-/m0/s1/i6D2,8D2. The van der Waals surface area contributed by atoms with Crippen LogP contribution in [0.1, 0.15) is 97.3 Å². The molecule has 0 saturated heterocycles. The number of carbonyl (C=O) groups excluding carboxylic acids is 1. The number of ketones is 1. The van der Waals surface area contributed by atoms with Crippen LogP contribution in [0.25, 0.3) is 0 Å². The Labute approximate surface area is 193 Å². The number of hydrogen-bond acceptors (Lipinski definition) is 3. The van der Waals surface area contributed by atoms with Crippen molar-refractivity contribution in [3.63, 3.8) is 0 Å². The molecule has 2 N–H and O–H groups in total. The van der Waals surface area contributed by atoms with Gasteiger partial charge in [-0.3, -0.25) is 9.59 Å². The maximum atomic E-state index is 13.5. The van der Waals surface area contributed by atoms with Crippen molar-refractivity contribution >= 4 is 11.8 Å². The smallest absolute Gasteiger partial charge is 0.306 e. The average molecular weight is 435 g/mol. The van der Waals surface area contributed by atoms with Crippen molar-refractivity contribution in [3.05, 3.63) is 11.6 Å². The Bertz CT molecular complexity index is 917. The summed E-state index contributed by atoms with van der Waals surface area (Å²) >= 11 is 0. The average Bonchev–Trinajstić information content (AvgIpc) is 2.97. The lowest BCUT2D eigenvalue weighted by Crippen LogP contribution is -2.53. The molecule has 4 aliphatic rings. The van der Waals surface area contributed by atoms with Crippen LogP contribution in [-0.2, 0) is 9.59 Å². The molecule has 3 saturated carbocycles. The summed E-state index contributed by atoms with van der Waals surface area (Å²) < 4.78 is 35.7. The van der Waals surface area contributed by atoms with Crippen LogP contribution in [0.2, 0.25) is 0 Å². The third-order valence-corrected chi connectivity index (χ3v) is 9.59. The molecule has 174 valence electrons. The molecule has 0 aliphatic heterocycles. The molecule has 0 aromatic carbocycles. The molecule has 0 heterocycles. The van der Waals surface area contributed by atoms with Crippen molar-refractivity contribution in [1.29, 1.82) is 0 Å². The minimum absolute atomic E-state index is 0.0647. The van der Waals surface area contributed by atoms with E-state index in [-0.39, 0.29) is 48.2 Å². The highest BCUT2D eigenvalue weighted by Gasteiger charge is 2.61. The van der Waals surface area contributed by atoms with Gasteiger partial charge >= 0.3 is 5.97 Å². The zero-order valence-electron chi connectivity index (χ0n) is 23.5. The second kappa shape index (κ2) is 8.32. The van der Waals surface area contributed by atoms with Gasteiger partial charge in [0.05, 0.1) is 12.0 Å². The lowest BCUT2D eigenvalue weighted by Gasteiger charge is -2.57. The zero-order valence-corrected chi connectivity index (χ0v) is 19.5. The van der Waals surface area contributed by atoms with Gasteiger partial charge in [-0.1, -0.05) is 46.1 Å². The van der Waals surface area contributed by atoms with Crippen molar-refractivity contribution < 1.29 is 25.3 Å². The molecule has 0 aromatic rings. The van der Waals surface area contributed by atoms with Crippen molar-refractivity contribution in [2.45, 2.75) is 97.9 Å². The van der Waals surface area contributed by atoms with E-state index in [1.165, 1.54) is 0 Å². The monoisotopic (exact) mass is 434 g/mol. The van der Waals surface area contributed by atoms with Crippen LogP contribution in [0.4, 0.5) is 0 Å². The van der Waals surface area contributed by atoms with Gasteiger partial charge in [-0.2, -0.15) is 0 Å². The Balaban J connectivity index is 1.64. The summed E-state index contributed by atoms with van der Waals surface area (Å²) in [6.45, 7) is 7.68. The Morgan fingerprint density at radius 3 is 2.71 bits per heavy atom. The number of carboxylic acids is 1. The van der Waals surface area contributed by atoms with Gasteiger partial charge in [0.2, 0.25) is 0 Å². The first-order valence-corrected chi connectivity index (χ1v) is 12.2. The molecule has 4 heteroatoms. The predicted molar refractivity (Wildman–Crippen MR) is 121 cm³/mol. The number of carboxylic acid groups (broad SMARTS) is 1. The quantitative estimate of drug-likeness (QED) is 0.568. The second-order valence-electron chi connectivity index (χ2n) is 11.3. The van der Waals surface area contributed by atoms with Gasteiger partial charge in [0, 0.05) is 11.4 Å². The lowest BCUT2D eigenvalue weighted by atomic mass is 9.46. The van der Waals surface area contributed by atoms with Crippen LogP contribution in [0.5, 0.6) is 0 Å². The number of rotatable bonds is 6. The van der Waals surface area contributed by atoms with E-state index in [1.54, 1.807) is 19.9 Å². The van der Waals surface area contributed by atoms with Gasteiger partial charge < -0.3 is 10.2 Å². The first-order chi connectivity index (χ1) is 16.0. The number of carbonyl (C=O) groups is 2. The number of aliphatic hydroxyl groups is 1. The first-order valence-electron chi connectivity index (χ1n) is 14.2. The Morgan fingerprint density at radius 1 is 1.26 bits per heavy atom. The van der Waals surface area contributed by atoms with E-state index < -0.39 is 48.0 Å². The molecule has 3 fully saturated rings. The molecule has 0 aromatic heterocycles. The van der Waals surface area contributed by atoms with Crippen molar-refractivity contribution in [2.24, 2.45) is 46.3 Å². The molecule has 0 bridgehead atoms. The van der Waals surface area contributed by atoms with Crippen molar-refractivity contribution in [1.82, 2.24) is 0 Å². The SMILES string of the molecule is [2H]C([2H])(CCC(C)C(=O)O)[C@H](C)[C@@H]1C([2H])([2H])C[C@@H]2[C@H]3C(=O)C=C4C[C@H](O)CC[C@@]4(C)[C@@H]3CC[C@]21C. The third-order valence-electron chi connectivity index (χ3n) is 9.59. The van der Waals surface area contributed by atoms with Crippen LogP contribution in [-0.4, -0.2) is 28.1 Å². The highest BCUT2D eigenvalue weighted by molar-refractivity contribution is 5.94. The first kappa shape index (κ1) is 18.3.